The van der Waals surface area contributed by atoms with E-state index in [1.165, 1.54) is 6.42 Å². The van der Waals surface area contributed by atoms with Crippen molar-refractivity contribution in [2.24, 2.45) is 5.92 Å². The summed E-state index contributed by atoms with van der Waals surface area (Å²) in [7, 11) is 0. The molecule has 3 aromatic rings. The number of carboxylic acid groups (broad SMARTS) is 1. The monoisotopic (exact) mass is 487 g/mol. The Hall–Kier alpha value is -3.80. The Labute approximate surface area is 212 Å². The molecule has 4 rings (SSSR count). The Balaban J connectivity index is 1.28. The molecule has 1 aliphatic rings. The summed E-state index contributed by atoms with van der Waals surface area (Å²) < 4.78 is 11.7. The van der Waals surface area contributed by atoms with Gasteiger partial charge in [-0.05, 0) is 53.8 Å². The minimum atomic E-state index is -0.988. The molecular formula is C30H33NO5. The molecule has 3 aromatic carbocycles. The van der Waals surface area contributed by atoms with Crippen molar-refractivity contribution in [3.8, 4) is 11.5 Å². The zero-order valence-corrected chi connectivity index (χ0v) is 20.4. The van der Waals surface area contributed by atoms with Crippen LogP contribution in [0.1, 0.15) is 60.0 Å². The number of hydrogen-bond donors (Lipinski definition) is 2. The molecule has 188 valence electrons. The molecule has 0 aliphatic heterocycles. The zero-order valence-electron chi connectivity index (χ0n) is 20.4. The normalized spacial score (nSPS) is 14.6. The van der Waals surface area contributed by atoms with Gasteiger partial charge in [-0.1, -0.05) is 80.6 Å². The lowest BCUT2D eigenvalue weighted by Gasteiger charge is -2.25. The highest BCUT2D eigenvalue weighted by molar-refractivity contribution is 5.96. The third-order valence-corrected chi connectivity index (χ3v) is 6.57. The standard InChI is InChI=1S/C30H33NO5/c32-29(31-28(30(33)34)18-22-8-3-1-4-9-22)25-12-7-13-27(19-25)36-21-24-14-16-26(17-15-24)35-20-23-10-5-2-6-11-23/h2,5-7,10-17,19,22,28H,1,3-4,8-9,18,20-21H2,(H,31,32)(H,33,34)/t28-/m0/s1. The Bertz CT molecular complexity index is 1120. The molecule has 1 amide bonds. The molecule has 6 heteroatoms. The number of carbonyl (C=O) groups is 2. The first kappa shape index (κ1) is 25.3. The topological polar surface area (TPSA) is 84.9 Å². The van der Waals surface area contributed by atoms with Gasteiger partial charge >= 0.3 is 5.97 Å². The van der Waals surface area contributed by atoms with Gasteiger partial charge in [-0.15, -0.1) is 0 Å². The van der Waals surface area contributed by atoms with Gasteiger partial charge in [0.1, 0.15) is 30.8 Å². The van der Waals surface area contributed by atoms with Crippen molar-refractivity contribution in [3.05, 3.63) is 95.6 Å². The summed E-state index contributed by atoms with van der Waals surface area (Å²) in [5.41, 5.74) is 2.46. The van der Waals surface area contributed by atoms with Gasteiger partial charge in [0, 0.05) is 5.56 Å². The van der Waals surface area contributed by atoms with Crippen LogP contribution in [0.25, 0.3) is 0 Å². The third-order valence-electron chi connectivity index (χ3n) is 6.57. The van der Waals surface area contributed by atoms with E-state index in [4.69, 9.17) is 9.47 Å². The van der Waals surface area contributed by atoms with Gasteiger partial charge in [-0.25, -0.2) is 4.79 Å². The maximum atomic E-state index is 12.8. The van der Waals surface area contributed by atoms with Crippen LogP contribution in [0.5, 0.6) is 11.5 Å². The predicted octanol–water partition coefficient (Wildman–Crippen LogP) is 6.00. The third kappa shape index (κ3) is 7.60. The predicted molar refractivity (Wildman–Crippen MR) is 138 cm³/mol. The van der Waals surface area contributed by atoms with Crippen molar-refractivity contribution in [3.63, 3.8) is 0 Å². The number of nitrogens with one attached hydrogen (secondary N) is 1. The molecule has 0 heterocycles. The molecule has 36 heavy (non-hydrogen) atoms. The average Bonchev–Trinajstić information content (AvgIpc) is 2.92. The Morgan fingerprint density at radius 2 is 1.47 bits per heavy atom. The fourth-order valence-electron chi connectivity index (χ4n) is 4.54. The maximum absolute atomic E-state index is 12.8. The summed E-state index contributed by atoms with van der Waals surface area (Å²) in [4.78, 5) is 24.5. The summed E-state index contributed by atoms with van der Waals surface area (Å²) in [6.45, 7) is 0.846. The molecule has 6 nitrogen and oxygen atoms in total. The highest BCUT2D eigenvalue weighted by Crippen LogP contribution is 2.27. The van der Waals surface area contributed by atoms with Crippen LogP contribution >= 0.6 is 0 Å². The van der Waals surface area contributed by atoms with E-state index in [0.29, 0.717) is 36.9 Å². The number of aliphatic carboxylic acids is 1. The number of benzene rings is 3. The molecule has 1 saturated carbocycles. The van der Waals surface area contributed by atoms with Gasteiger partial charge in [0.25, 0.3) is 5.91 Å². The molecular weight excluding hydrogens is 454 g/mol. The van der Waals surface area contributed by atoms with Gasteiger partial charge in [-0.3, -0.25) is 4.79 Å². The van der Waals surface area contributed by atoms with Crippen LogP contribution in [-0.4, -0.2) is 23.0 Å². The lowest BCUT2D eigenvalue weighted by molar-refractivity contribution is -0.139. The average molecular weight is 488 g/mol. The van der Waals surface area contributed by atoms with Crippen molar-refractivity contribution >= 4 is 11.9 Å². The molecule has 0 spiro atoms. The van der Waals surface area contributed by atoms with Crippen molar-refractivity contribution < 1.29 is 24.2 Å². The smallest absolute Gasteiger partial charge is 0.326 e. The van der Waals surface area contributed by atoms with Crippen molar-refractivity contribution in [1.29, 1.82) is 0 Å². The Morgan fingerprint density at radius 3 is 2.17 bits per heavy atom. The molecule has 1 aliphatic carbocycles. The second-order valence-corrected chi connectivity index (χ2v) is 9.34. The number of carbonyl (C=O) groups excluding carboxylic acids is 1. The van der Waals surface area contributed by atoms with Crippen LogP contribution in [-0.2, 0) is 18.0 Å². The summed E-state index contributed by atoms with van der Waals surface area (Å²) >= 11 is 0. The summed E-state index contributed by atoms with van der Waals surface area (Å²) in [5, 5.41) is 12.3. The van der Waals surface area contributed by atoms with Gasteiger partial charge in [0.2, 0.25) is 0 Å². The van der Waals surface area contributed by atoms with Crippen molar-refractivity contribution in [2.75, 3.05) is 0 Å². The molecule has 2 N–H and O–H groups in total. The van der Waals surface area contributed by atoms with Gasteiger partial charge in [0.15, 0.2) is 0 Å². The van der Waals surface area contributed by atoms with E-state index in [1.54, 1.807) is 24.3 Å². The molecule has 0 bridgehead atoms. The number of ether oxygens (including phenoxy) is 2. The largest absolute Gasteiger partial charge is 0.489 e. The Morgan fingerprint density at radius 1 is 0.806 bits per heavy atom. The number of hydrogen-bond acceptors (Lipinski definition) is 4. The van der Waals surface area contributed by atoms with Crippen molar-refractivity contribution in [1.82, 2.24) is 5.32 Å². The second kappa shape index (κ2) is 12.8. The molecule has 0 unspecified atom stereocenters. The van der Waals surface area contributed by atoms with Gasteiger partial charge < -0.3 is 19.9 Å². The summed E-state index contributed by atoms with van der Waals surface area (Å²) in [6, 6.07) is 23.6. The van der Waals surface area contributed by atoms with Gasteiger partial charge in [0.05, 0.1) is 0 Å². The first-order chi connectivity index (χ1) is 17.6. The number of rotatable bonds is 11. The molecule has 1 atom stereocenters. The highest BCUT2D eigenvalue weighted by atomic mass is 16.5. The SMILES string of the molecule is O=C(N[C@@H](CC1CCCCC1)C(=O)O)c1cccc(OCc2ccc(OCc3ccccc3)cc2)c1. The second-order valence-electron chi connectivity index (χ2n) is 9.34. The van der Waals surface area contributed by atoms with Crippen LogP contribution in [0, 0.1) is 5.92 Å². The van der Waals surface area contributed by atoms with E-state index < -0.39 is 17.9 Å². The van der Waals surface area contributed by atoms with E-state index in [0.717, 1.165) is 42.6 Å². The minimum Gasteiger partial charge on any atom is -0.489 e. The Kier molecular flexibility index (Phi) is 8.98. The lowest BCUT2D eigenvalue weighted by Crippen LogP contribution is -2.42. The molecule has 0 radical (unpaired) electrons. The zero-order chi connectivity index (χ0) is 25.2. The van der Waals surface area contributed by atoms with Crippen LogP contribution < -0.4 is 14.8 Å². The maximum Gasteiger partial charge on any atom is 0.326 e. The number of amides is 1. The van der Waals surface area contributed by atoms with E-state index in [9.17, 15) is 14.7 Å². The van der Waals surface area contributed by atoms with E-state index in [2.05, 4.69) is 5.32 Å². The summed E-state index contributed by atoms with van der Waals surface area (Å²) in [5.74, 6) is 0.291. The quantitative estimate of drug-likeness (QED) is 0.347. The lowest BCUT2D eigenvalue weighted by atomic mass is 9.85. The highest BCUT2D eigenvalue weighted by Gasteiger charge is 2.26. The van der Waals surface area contributed by atoms with Crippen LogP contribution in [0.2, 0.25) is 0 Å². The fraction of sp³-hybridized carbons (Fsp3) is 0.333. The van der Waals surface area contributed by atoms with Gasteiger partial charge in [-0.2, -0.15) is 0 Å². The molecule has 0 saturated heterocycles. The van der Waals surface area contributed by atoms with E-state index in [-0.39, 0.29) is 0 Å². The van der Waals surface area contributed by atoms with Crippen LogP contribution in [0.15, 0.2) is 78.9 Å². The first-order valence-electron chi connectivity index (χ1n) is 12.6. The summed E-state index contributed by atoms with van der Waals surface area (Å²) in [6.07, 6.45) is 6.01. The molecule has 1 fully saturated rings. The van der Waals surface area contributed by atoms with E-state index in [1.807, 2.05) is 54.6 Å². The van der Waals surface area contributed by atoms with Crippen LogP contribution in [0.3, 0.4) is 0 Å². The number of carboxylic acids is 1. The van der Waals surface area contributed by atoms with E-state index >= 15 is 0 Å². The minimum absolute atomic E-state index is 0.337. The van der Waals surface area contributed by atoms with Crippen LogP contribution in [0.4, 0.5) is 0 Å². The fourth-order valence-corrected chi connectivity index (χ4v) is 4.54. The van der Waals surface area contributed by atoms with Crippen molar-refractivity contribution in [2.45, 2.75) is 57.8 Å². The molecule has 0 aromatic heterocycles. The first-order valence-corrected chi connectivity index (χ1v) is 12.6.